The van der Waals surface area contributed by atoms with Crippen LogP contribution in [0.15, 0.2) is 85.0 Å². The molecule has 2 nitrogen and oxygen atoms in total. The van der Waals surface area contributed by atoms with Crippen LogP contribution >= 0.6 is 7.92 Å². The Labute approximate surface area is 218 Å². The molecule has 2 fully saturated rings. The first-order chi connectivity index (χ1) is 16.0. The van der Waals surface area contributed by atoms with Crippen LogP contribution in [-0.4, -0.2) is 12.1 Å². The van der Waals surface area contributed by atoms with Gasteiger partial charge in [-0.3, -0.25) is 4.79 Å². The molecule has 0 N–H and O–H groups in total. The van der Waals surface area contributed by atoms with Gasteiger partial charge >= 0.3 is 23.0 Å². The Kier molecular flexibility index (Phi) is 12.3. The maximum absolute atomic E-state index is 13.0. The monoisotopic (exact) mass is 508 g/mol. The van der Waals surface area contributed by atoms with Crippen molar-refractivity contribution in [2.45, 2.75) is 20.0 Å². The molecule has 0 spiro atoms. The third-order valence-corrected chi connectivity index (χ3v) is 7.46. The SMILES string of the molecule is C=C(C)C(OC(=O)[C]1[CH][CH][CH][C]1P(c1ccccc1)c1ccccc1)C(=C)C.[CH]1[CH][CH][CH][CH]1.[Fe+2]. The third-order valence-electron chi connectivity index (χ3n) is 4.96. The van der Waals surface area contributed by atoms with Crippen molar-refractivity contribution in [3.05, 3.63) is 148 Å². The van der Waals surface area contributed by atoms with Crippen LogP contribution in [0.2, 0.25) is 0 Å². The number of rotatable bonds is 7. The van der Waals surface area contributed by atoms with Gasteiger partial charge in [-0.2, -0.15) is 0 Å². The average Bonchev–Trinajstić information content (AvgIpc) is 3.54. The molecule has 0 heterocycles. The van der Waals surface area contributed by atoms with Crippen molar-refractivity contribution < 1.29 is 26.6 Å². The molecule has 2 aromatic carbocycles. The summed E-state index contributed by atoms with van der Waals surface area (Å²) in [4.78, 5) is 13.0. The fraction of sp³-hybridized carbons (Fsp3) is 0.100. The number of carbonyl (C=O) groups is 1. The van der Waals surface area contributed by atoms with Crippen molar-refractivity contribution in [3.63, 3.8) is 0 Å². The second kappa shape index (κ2) is 14.7. The molecule has 0 aliphatic heterocycles. The van der Waals surface area contributed by atoms with Gasteiger partial charge in [0.2, 0.25) is 0 Å². The minimum atomic E-state index is -0.864. The van der Waals surface area contributed by atoms with E-state index in [0.717, 1.165) is 16.8 Å². The summed E-state index contributed by atoms with van der Waals surface area (Å²) < 4.78 is 5.75. The largest absolute Gasteiger partial charge is 2.00 e. The molecular weight excluding hydrogens is 479 g/mol. The molecule has 0 saturated heterocycles. The van der Waals surface area contributed by atoms with Crippen molar-refractivity contribution in [1.29, 1.82) is 0 Å². The van der Waals surface area contributed by atoms with E-state index in [9.17, 15) is 4.79 Å². The zero-order chi connectivity index (χ0) is 23.6. The van der Waals surface area contributed by atoms with Gasteiger partial charge in [-0.05, 0) is 94.9 Å². The van der Waals surface area contributed by atoms with E-state index in [4.69, 9.17) is 4.74 Å². The Hall–Kier alpha value is -1.66. The van der Waals surface area contributed by atoms with Crippen LogP contribution in [0.3, 0.4) is 0 Å². The summed E-state index contributed by atoms with van der Waals surface area (Å²) in [5.74, 6) is 0.265. The fourth-order valence-corrected chi connectivity index (χ4v) is 5.91. The zero-order valence-electron chi connectivity index (χ0n) is 19.5. The molecule has 0 aromatic heterocycles. The maximum Gasteiger partial charge on any atom is 2.00 e. The molecule has 4 heteroatoms. The molecule has 0 bridgehead atoms. The summed E-state index contributed by atoms with van der Waals surface area (Å²) >= 11 is 0. The average molecular weight is 508 g/mol. The molecule has 2 aliphatic carbocycles. The first kappa shape index (κ1) is 28.6. The summed E-state index contributed by atoms with van der Waals surface area (Å²) in [5.41, 5.74) is 2.53. The Bertz CT molecular complexity index is 847. The predicted molar refractivity (Wildman–Crippen MR) is 139 cm³/mol. The predicted octanol–water partition coefficient (Wildman–Crippen LogP) is 5.94. The molecule has 10 radical (unpaired) electrons. The van der Waals surface area contributed by atoms with Crippen LogP contribution in [0.25, 0.3) is 0 Å². The molecule has 2 aromatic rings. The molecule has 0 atom stereocenters. The summed E-state index contributed by atoms with van der Waals surface area (Å²) in [6, 6.07) is 20.6. The van der Waals surface area contributed by atoms with Crippen LogP contribution in [-0.2, 0) is 26.6 Å². The quantitative estimate of drug-likeness (QED) is 0.201. The standard InChI is InChI=1S/C25H24O2P.C5H5.Fe/c1-18(2)24(19(3)4)27-25(26)22-16-11-17-23(22)28(20-12-7-5-8-13-20)21-14-9-6-10-15-21;1-2-4-5-3-1;/h5-17,24H,1,3H2,2,4H3;1-5H;/q;;+2. The zero-order valence-corrected chi connectivity index (χ0v) is 21.5. The molecule has 4 rings (SSSR count). The first-order valence-corrected chi connectivity index (χ1v) is 12.2. The Morgan fingerprint density at radius 3 is 1.59 bits per heavy atom. The van der Waals surface area contributed by atoms with E-state index < -0.39 is 14.0 Å². The molecule has 2 aliphatic rings. The van der Waals surface area contributed by atoms with E-state index in [-0.39, 0.29) is 23.0 Å². The first-order valence-electron chi connectivity index (χ1n) is 10.8. The van der Waals surface area contributed by atoms with Crippen molar-refractivity contribution in [2.24, 2.45) is 0 Å². The number of ether oxygens (including phenoxy) is 1. The summed E-state index contributed by atoms with van der Waals surface area (Å²) in [6.07, 6.45) is 15.3. The minimum absolute atomic E-state index is 0. The van der Waals surface area contributed by atoms with Gasteiger partial charge in [-0.25, -0.2) is 0 Å². The van der Waals surface area contributed by atoms with Gasteiger partial charge in [-0.1, -0.05) is 73.8 Å². The molecule has 172 valence electrons. The van der Waals surface area contributed by atoms with Gasteiger partial charge < -0.3 is 4.74 Å². The number of benzene rings is 2. The van der Waals surface area contributed by atoms with Gasteiger partial charge in [0.05, 0.1) is 0 Å². The third kappa shape index (κ3) is 7.94. The molecular formula is C30H29FeO2P+2. The van der Waals surface area contributed by atoms with E-state index in [1.54, 1.807) is 0 Å². The van der Waals surface area contributed by atoms with E-state index >= 15 is 0 Å². The smallest absolute Gasteiger partial charge is 0.453 e. The number of carbonyl (C=O) groups excluding carboxylic acids is 1. The normalized spacial score (nSPS) is 16.0. The van der Waals surface area contributed by atoms with Crippen LogP contribution < -0.4 is 10.6 Å². The van der Waals surface area contributed by atoms with Crippen LogP contribution in [0, 0.1) is 62.9 Å². The van der Waals surface area contributed by atoms with Crippen molar-refractivity contribution in [2.75, 3.05) is 0 Å². The van der Waals surface area contributed by atoms with Gasteiger partial charge in [0, 0.05) is 5.66 Å². The Balaban J connectivity index is 0.000000603. The molecule has 2 saturated carbocycles. The summed E-state index contributed by atoms with van der Waals surface area (Å²) in [5, 5.41) is 2.39. The van der Waals surface area contributed by atoms with Gasteiger partial charge in [0.25, 0.3) is 0 Å². The van der Waals surface area contributed by atoms with E-state index in [1.165, 1.54) is 10.6 Å². The van der Waals surface area contributed by atoms with Crippen LogP contribution in [0.4, 0.5) is 0 Å². The Morgan fingerprint density at radius 2 is 1.18 bits per heavy atom. The van der Waals surface area contributed by atoms with E-state index in [0.29, 0.717) is 5.92 Å². The number of hydrogen-bond acceptors (Lipinski definition) is 2. The van der Waals surface area contributed by atoms with Gasteiger partial charge in [-0.15, -0.1) is 0 Å². The molecule has 0 amide bonds. The van der Waals surface area contributed by atoms with Crippen LogP contribution in [0.5, 0.6) is 0 Å². The van der Waals surface area contributed by atoms with Crippen molar-refractivity contribution in [3.8, 4) is 0 Å². The number of esters is 1. The molecule has 0 unspecified atom stereocenters. The minimum Gasteiger partial charge on any atom is -0.453 e. The fourth-order valence-electron chi connectivity index (χ4n) is 3.47. The molecule has 34 heavy (non-hydrogen) atoms. The van der Waals surface area contributed by atoms with E-state index in [1.807, 2.05) is 102 Å². The van der Waals surface area contributed by atoms with E-state index in [2.05, 4.69) is 37.4 Å². The second-order valence-electron chi connectivity index (χ2n) is 7.77. The van der Waals surface area contributed by atoms with Crippen LogP contribution in [0.1, 0.15) is 13.8 Å². The summed E-state index contributed by atoms with van der Waals surface area (Å²) in [6.45, 7) is 11.6. The van der Waals surface area contributed by atoms with Crippen molar-refractivity contribution in [1.82, 2.24) is 0 Å². The van der Waals surface area contributed by atoms with Gasteiger partial charge in [0.15, 0.2) is 0 Å². The summed E-state index contributed by atoms with van der Waals surface area (Å²) in [7, 11) is -0.864. The Morgan fingerprint density at radius 1 is 0.735 bits per heavy atom. The second-order valence-corrected chi connectivity index (χ2v) is 9.96. The number of hydrogen-bond donors (Lipinski definition) is 0. The maximum atomic E-state index is 13.0. The van der Waals surface area contributed by atoms with Crippen molar-refractivity contribution >= 4 is 24.5 Å². The van der Waals surface area contributed by atoms with Gasteiger partial charge in [0.1, 0.15) is 12.0 Å². The topological polar surface area (TPSA) is 26.3 Å².